The summed E-state index contributed by atoms with van der Waals surface area (Å²) in [4.78, 5) is 12.7. The van der Waals surface area contributed by atoms with Crippen molar-refractivity contribution in [2.24, 2.45) is 11.8 Å². The zero-order chi connectivity index (χ0) is 16.1. The van der Waals surface area contributed by atoms with Crippen LogP contribution in [0.5, 0.6) is 0 Å². The number of amides is 1. The molecule has 0 aromatic heterocycles. The smallest absolute Gasteiger partial charge is 0.223 e. The summed E-state index contributed by atoms with van der Waals surface area (Å²) in [6.07, 6.45) is 8.14. The van der Waals surface area contributed by atoms with Gasteiger partial charge in [-0.05, 0) is 62.4 Å². The Morgan fingerprint density at radius 1 is 1.12 bits per heavy atom. The van der Waals surface area contributed by atoms with E-state index >= 15 is 0 Å². The van der Waals surface area contributed by atoms with Crippen molar-refractivity contribution in [3.05, 3.63) is 34.9 Å². The third kappa shape index (κ3) is 5.11. The molecule has 1 aliphatic heterocycles. The summed E-state index contributed by atoms with van der Waals surface area (Å²) >= 11 is 6.19. The van der Waals surface area contributed by atoms with Crippen LogP contribution in [0.3, 0.4) is 0 Å². The predicted octanol–water partition coefficient (Wildman–Crippen LogP) is 4.50. The van der Waals surface area contributed by atoms with Crippen LogP contribution in [0.2, 0.25) is 5.02 Å². The summed E-state index contributed by atoms with van der Waals surface area (Å²) in [5.74, 6) is 0.913. The van der Waals surface area contributed by atoms with Gasteiger partial charge in [0.15, 0.2) is 0 Å². The second kappa shape index (κ2) is 9.65. The number of halogens is 2. The highest BCUT2D eigenvalue weighted by atomic mass is 35.5. The quantitative estimate of drug-likeness (QED) is 0.818. The Kier molecular flexibility index (Phi) is 7.86. The molecule has 1 amide bonds. The molecular weight excluding hydrogens is 343 g/mol. The van der Waals surface area contributed by atoms with Gasteiger partial charge in [0.05, 0.1) is 6.04 Å². The molecule has 134 valence electrons. The molecule has 3 rings (SSSR count). The lowest BCUT2D eigenvalue weighted by Gasteiger charge is -2.33. The Morgan fingerprint density at radius 2 is 1.83 bits per heavy atom. The van der Waals surface area contributed by atoms with E-state index in [1.165, 1.54) is 32.1 Å². The first-order valence-electron chi connectivity index (χ1n) is 9.00. The fraction of sp³-hybridized carbons (Fsp3) is 0.632. The first-order valence-corrected chi connectivity index (χ1v) is 9.38. The van der Waals surface area contributed by atoms with Crippen LogP contribution in [0.4, 0.5) is 0 Å². The van der Waals surface area contributed by atoms with Gasteiger partial charge < -0.3 is 10.6 Å². The van der Waals surface area contributed by atoms with Crippen LogP contribution in [-0.4, -0.2) is 19.0 Å². The van der Waals surface area contributed by atoms with Gasteiger partial charge in [-0.3, -0.25) is 4.79 Å². The Morgan fingerprint density at radius 3 is 2.50 bits per heavy atom. The lowest BCUT2D eigenvalue weighted by Crippen LogP contribution is -2.41. The van der Waals surface area contributed by atoms with Gasteiger partial charge in [0, 0.05) is 10.9 Å². The number of nitrogens with one attached hydrogen (secondary N) is 2. The molecule has 1 unspecified atom stereocenters. The molecular formula is C19H28Cl2N2O. The molecule has 1 saturated heterocycles. The zero-order valence-corrected chi connectivity index (χ0v) is 15.7. The summed E-state index contributed by atoms with van der Waals surface area (Å²) < 4.78 is 0. The summed E-state index contributed by atoms with van der Waals surface area (Å²) in [5, 5.41) is 7.45. The molecule has 1 aromatic rings. The molecule has 3 nitrogen and oxygen atoms in total. The van der Waals surface area contributed by atoms with E-state index < -0.39 is 0 Å². The predicted molar refractivity (Wildman–Crippen MR) is 102 cm³/mol. The fourth-order valence-corrected chi connectivity index (χ4v) is 4.19. The van der Waals surface area contributed by atoms with Gasteiger partial charge >= 0.3 is 0 Å². The summed E-state index contributed by atoms with van der Waals surface area (Å²) in [6, 6.07) is 8.12. The third-order valence-electron chi connectivity index (χ3n) is 5.34. The van der Waals surface area contributed by atoms with Gasteiger partial charge in [0.1, 0.15) is 0 Å². The van der Waals surface area contributed by atoms with Crippen molar-refractivity contribution in [3.63, 3.8) is 0 Å². The number of carbonyl (C=O) groups excluding carboxylic acids is 1. The Labute approximate surface area is 156 Å². The van der Waals surface area contributed by atoms with Crippen molar-refractivity contribution in [1.82, 2.24) is 10.6 Å². The number of piperidine rings is 1. The molecule has 2 aliphatic rings. The molecule has 1 aromatic carbocycles. The van der Waals surface area contributed by atoms with Gasteiger partial charge in [-0.1, -0.05) is 43.0 Å². The second-order valence-electron chi connectivity index (χ2n) is 6.96. The lowest BCUT2D eigenvalue weighted by molar-refractivity contribution is -0.127. The van der Waals surface area contributed by atoms with Gasteiger partial charge in [0.25, 0.3) is 0 Å². The highest BCUT2D eigenvalue weighted by Gasteiger charge is 2.29. The van der Waals surface area contributed by atoms with Crippen LogP contribution in [0.1, 0.15) is 56.6 Å². The zero-order valence-electron chi connectivity index (χ0n) is 14.1. The van der Waals surface area contributed by atoms with E-state index in [0.717, 1.165) is 36.5 Å². The third-order valence-corrected chi connectivity index (χ3v) is 5.57. The Hall–Kier alpha value is -0.770. The normalized spacial score (nSPS) is 20.9. The summed E-state index contributed by atoms with van der Waals surface area (Å²) in [5.41, 5.74) is 1.16. The van der Waals surface area contributed by atoms with E-state index in [9.17, 15) is 4.79 Å². The number of hydrogen-bond acceptors (Lipinski definition) is 2. The highest BCUT2D eigenvalue weighted by Crippen LogP contribution is 2.35. The van der Waals surface area contributed by atoms with Crippen LogP contribution in [0.25, 0.3) is 0 Å². The minimum absolute atomic E-state index is 0. The van der Waals surface area contributed by atoms with Crippen LogP contribution in [-0.2, 0) is 4.79 Å². The van der Waals surface area contributed by atoms with Gasteiger partial charge in [-0.25, -0.2) is 0 Å². The standard InChI is InChI=1S/C19H27ClN2O.ClH/c20-17-8-4-7-16(13-17)18(14-5-2-1-3-6-14)22-19(23)15-9-11-21-12-10-15;/h4,7-8,13-15,18,21H,1-3,5-6,9-12H2,(H,22,23);1H. The number of hydrogen-bond donors (Lipinski definition) is 2. The van der Waals surface area contributed by atoms with Gasteiger partial charge in [-0.15, -0.1) is 12.4 Å². The molecule has 1 saturated carbocycles. The maximum absolute atomic E-state index is 12.7. The topological polar surface area (TPSA) is 41.1 Å². The number of rotatable bonds is 4. The van der Waals surface area contributed by atoms with E-state index in [-0.39, 0.29) is 30.3 Å². The molecule has 2 fully saturated rings. The molecule has 24 heavy (non-hydrogen) atoms. The number of carbonyl (C=O) groups is 1. The maximum atomic E-state index is 12.7. The van der Waals surface area contributed by atoms with Crippen LogP contribution in [0, 0.1) is 11.8 Å². The first kappa shape index (κ1) is 19.6. The fourth-order valence-electron chi connectivity index (χ4n) is 4.00. The van der Waals surface area contributed by atoms with Crippen molar-refractivity contribution in [1.29, 1.82) is 0 Å². The van der Waals surface area contributed by atoms with Crippen LogP contribution in [0.15, 0.2) is 24.3 Å². The number of benzene rings is 1. The maximum Gasteiger partial charge on any atom is 0.223 e. The minimum atomic E-state index is 0. The van der Waals surface area contributed by atoms with Crippen molar-refractivity contribution in [3.8, 4) is 0 Å². The van der Waals surface area contributed by atoms with Gasteiger partial charge in [0.2, 0.25) is 5.91 Å². The van der Waals surface area contributed by atoms with E-state index in [4.69, 9.17) is 11.6 Å². The molecule has 2 N–H and O–H groups in total. The molecule has 1 heterocycles. The monoisotopic (exact) mass is 370 g/mol. The molecule has 0 bridgehead atoms. The second-order valence-corrected chi connectivity index (χ2v) is 7.40. The van der Waals surface area contributed by atoms with Crippen molar-refractivity contribution < 1.29 is 4.79 Å². The van der Waals surface area contributed by atoms with Crippen LogP contribution < -0.4 is 10.6 Å². The van der Waals surface area contributed by atoms with E-state index in [1.54, 1.807) is 0 Å². The minimum Gasteiger partial charge on any atom is -0.349 e. The Balaban J connectivity index is 0.00000208. The molecule has 5 heteroatoms. The van der Waals surface area contributed by atoms with E-state index in [0.29, 0.717) is 5.92 Å². The van der Waals surface area contributed by atoms with E-state index in [2.05, 4.69) is 16.7 Å². The first-order chi connectivity index (χ1) is 11.2. The molecule has 0 spiro atoms. The molecule has 0 radical (unpaired) electrons. The highest BCUT2D eigenvalue weighted by molar-refractivity contribution is 6.30. The van der Waals surface area contributed by atoms with Crippen LogP contribution >= 0.6 is 24.0 Å². The Bertz CT molecular complexity index is 526. The van der Waals surface area contributed by atoms with Crippen molar-refractivity contribution >= 4 is 29.9 Å². The molecule has 1 atom stereocenters. The summed E-state index contributed by atoms with van der Waals surface area (Å²) in [6.45, 7) is 1.90. The van der Waals surface area contributed by atoms with Crippen molar-refractivity contribution in [2.45, 2.75) is 51.0 Å². The molecule has 1 aliphatic carbocycles. The van der Waals surface area contributed by atoms with Crippen molar-refractivity contribution in [2.75, 3.05) is 13.1 Å². The lowest BCUT2D eigenvalue weighted by atomic mass is 9.80. The van der Waals surface area contributed by atoms with Gasteiger partial charge in [-0.2, -0.15) is 0 Å². The summed E-state index contributed by atoms with van der Waals surface area (Å²) in [7, 11) is 0. The van der Waals surface area contributed by atoms with E-state index in [1.807, 2.05) is 18.2 Å². The largest absolute Gasteiger partial charge is 0.349 e. The average molecular weight is 371 g/mol. The average Bonchev–Trinajstić information content (AvgIpc) is 2.61. The SMILES string of the molecule is Cl.O=C(NC(c1cccc(Cl)c1)C1CCCCC1)C1CCNCC1.